The molecule has 0 spiro atoms. The first kappa shape index (κ1) is 14.3. The Morgan fingerprint density at radius 3 is 2.37 bits per heavy atom. The van der Waals surface area contributed by atoms with Gasteiger partial charge in [-0.25, -0.2) is 14.8 Å². The smallest absolute Gasteiger partial charge is 0.317 e. The SMILES string of the molecule is CC(C)C(=O)[C@@H]1CCN2CCN(C(C)(C)C)C(=O)N12. The molecule has 0 radical (unpaired) electrons. The van der Waals surface area contributed by atoms with E-state index in [4.69, 9.17) is 0 Å². The highest BCUT2D eigenvalue weighted by Crippen LogP contribution is 2.29. The summed E-state index contributed by atoms with van der Waals surface area (Å²) >= 11 is 0. The summed E-state index contributed by atoms with van der Waals surface area (Å²) in [5, 5.41) is 3.74. The number of urea groups is 1. The molecule has 0 unspecified atom stereocenters. The predicted molar refractivity (Wildman–Crippen MR) is 73.5 cm³/mol. The number of hydrogen-bond acceptors (Lipinski definition) is 3. The molecule has 0 saturated carbocycles. The number of carbonyl (C=O) groups is 2. The number of fused-ring (bicyclic) bond motifs is 1. The fourth-order valence-electron chi connectivity index (χ4n) is 2.88. The Morgan fingerprint density at radius 2 is 1.84 bits per heavy atom. The minimum atomic E-state index is -0.266. The van der Waals surface area contributed by atoms with Crippen LogP contribution in [0.25, 0.3) is 0 Å². The maximum absolute atomic E-state index is 12.6. The highest BCUT2D eigenvalue weighted by molar-refractivity contribution is 5.90. The molecule has 0 aromatic rings. The van der Waals surface area contributed by atoms with E-state index in [1.54, 1.807) is 5.01 Å². The number of ketones is 1. The van der Waals surface area contributed by atoms with E-state index in [2.05, 4.69) is 0 Å². The third kappa shape index (κ3) is 2.48. The van der Waals surface area contributed by atoms with Crippen LogP contribution in [0.1, 0.15) is 41.0 Å². The van der Waals surface area contributed by atoms with E-state index < -0.39 is 0 Å². The van der Waals surface area contributed by atoms with Crippen molar-refractivity contribution in [3.05, 3.63) is 0 Å². The molecule has 2 saturated heterocycles. The largest absolute Gasteiger partial charge is 0.335 e. The second-order valence-electron chi connectivity index (χ2n) is 6.76. The first-order chi connectivity index (χ1) is 8.73. The van der Waals surface area contributed by atoms with Crippen LogP contribution >= 0.6 is 0 Å². The molecule has 2 amide bonds. The van der Waals surface area contributed by atoms with E-state index in [1.807, 2.05) is 44.5 Å². The predicted octanol–water partition coefficient (Wildman–Crippen LogP) is 1.74. The Labute approximate surface area is 115 Å². The van der Waals surface area contributed by atoms with Crippen molar-refractivity contribution in [2.45, 2.75) is 52.6 Å². The van der Waals surface area contributed by atoms with Crippen molar-refractivity contribution in [1.82, 2.24) is 14.9 Å². The van der Waals surface area contributed by atoms with Crippen LogP contribution in [0.3, 0.4) is 0 Å². The molecule has 0 aromatic heterocycles. The van der Waals surface area contributed by atoms with E-state index in [0.29, 0.717) is 0 Å². The zero-order valence-electron chi connectivity index (χ0n) is 12.6. The van der Waals surface area contributed by atoms with Crippen LogP contribution in [0.2, 0.25) is 0 Å². The summed E-state index contributed by atoms with van der Waals surface area (Å²) < 4.78 is 0. The van der Waals surface area contributed by atoms with Crippen molar-refractivity contribution in [2.75, 3.05) is 19.6 Å². The molecule has 5 heteroatoms. The number of hydrogen-bond donors (Lipinski definition) is 0. The number of nitrogens with zero attached hydrogens (tertiary/aromatic N) is 3. The molecule has 5 nitrogen and oxygen atoms in total. The first-order valence-corrected chi connectivity index (χ1v) is 7.13. The minimum absolute atomic E-state index is 0.0183. The topological polar surface area (TPSA) is 43.9 Å². The highest BCUT2D eigenvalue weighted by atomic mass is 16.2. The third-order valence-electron chi connectivity index (χ3n) is 3.98. The lowest BCUT2D eigenvalue weighted by atomic mass is 10.00. The molecule has 2 heterocycles. The normalized spacial score (nSPS) is 25.2. The third-order valence-corrected chi connectivity index (χ3v) is 3.98. The summed E-state index contributed by atoms with van der Waals surface area (Å²) in [5.74, 6) is 0.148. The number of rotatable bonds is 2. The molecule has 1 atom stereocenters. The maximum Gasteiger partial charge on any atom is 0.335 e. The van der Waals surface area contributed by atoms with Gasteiger partial charge in [0, 0.05) is 31.1 Å². The summed E-state index contributed by atoms with van der Waals surface area (Å²) in [7, 11) is 0. The van der Waals surface area contributed by atoms with Gasteiger partial charge in [0.2, 0.25) is 0 Å². The maximum atomic E-state index is 12.6. The van der Waals surface area contributed by atoms with Gasteiger partial charge < -0.3 is 4.90 Å². The lowest BCUT2D eigenvalue weighted by Gasteiger charge is -2.46. The lowest BCUT2D eigenvalue weighted by Crippen LogP contribution is -2.64. The second-order valence-corrected chi connectivity index (χ2v) is 6.76. The average molecular weight is 267 g/mol. The fraction of sp³-hybridized carbons (Fsp3) is 0.857. The number of hydrazine groups is 1. The van der Waals surface area contributed by atoms with Gasteiger partial charge in [-0.1, -0.05) is 13.8 Å². The van der Waals surface area contributed by atoms with Crippen molar-refractivity contribution in [2.24, 2.45) is 5.92 Å². The fourth-order valence-corrected chi connectivity index (χ4v) is 2.88. The summed E-state index contributed by atoms with van der Waals surface area (Å²) in [4.78, 5) is 26.8. The summed E-state index contributed by atoms with van der Waals surface area (Å²) in [6.07, 6.45) is 0.765. The Hall–Kier alpha value is -1.10. The second kappa shape index (κ2) is 4.78. The van der Waals surface area contributed by atoms with Gasteiger partial charge in [-0.3, -0.25) is 4.79 Å². The Bertz CT molecular complexity index is 387. The molecule has 0 N–H and O–H groups in total. The van der Waals surface area contributed by atoms with Crippen LogP contribution in [0.5, 0.6) is 0 Å². The summed E-state index contributed by atoms with van der Waals surface area (Å²) in [5.41, 5.74) is -0.197. The minimum Gasteiger partial charge on any atom is -0.317 e. The molecule has 2 aliphatic heterocycles. The molecule has 2 rings (SSSR count). The van der Waals surface area contributed by atoms with Crippen LogP contribution < -0.4 is 0 Å². The van der Waals surface area contributed by atoms with E-state index in [0.717, 1.165) is 26.1 Å². The molecule has 2 fully saturated rings. The number of Topliss-reactive ketones (excluding diaryl/α,β-unsaturated/α-hetero) is 1. The highest BCUT2D eigenvalue weighted by Gasteiger charge is 2.46. The van der Waals surface area contributed by atoms with Crippen LogP contribution in [0, 0.1) is 5.92 Å². The summed E-state index contributed by atoms with van der Waals surface area (Å²) in [6, 6.07) is -0.284. The van der Waals surface area contributed by atoms with E-state index in [1.165, 1.54) is 0 Å². The first-order valence-electron chi connectivity index (χ1n) is 7.13. The van der Waals surface area contributed by atoms with Gasteiger partial charge in [-0.15, -0.1) is 0 Å². The molecular formula is C14H25N3O2. The van der Waals surface area contributed by atoms with E-state index in [-0.39, 0.29) is 29.3 Å². The summed E-state index contributed by atoms with van der Waals surface area (Å²) in [6.45, 7) is 12.3. The molecule has 108 valence electrons. The molecular weight excluding hydrogens is 242 g/mol. The van der Waals surface area contributed by atoms with Crippen LogP contribution in [-0.4, -0.2) is 57.9 Å². The van der Waals surface area contributed by atoms with Gasteiger partial charge in [-0.05, 0) is 27.2 Å². The van der Waals surface area contributed by atoms with Gasteiger partial charge in [0.05, 0.1) is 0 Å². The Morgan fingerprint density at radius 1 is 1.21 bits per heavy atom. The molecule has 19 heavy (non-hydrogen) atoms. The van der Waals surface area contributed by atoms with Gasteiger partial charge in [0.25, 0.3) is 0 Å². The molecule has 0 bridgehead atoms. The van der Waals surface area contributed by atoms with E-state index >= 15 is 0 Å². The van der Waals surface area contributed by atoms with Crippen molar-refractivity contribution in [3.63, 3.8) is 0 Å². The van der Waals surface area contributed by atoms with Crippen molar-refractivity contribution >= 4 is 11.8 Å². The number of amides is 2. The monoisotopic (exact) mass is 267 g/mol. The zero-order chi connectivity index (χ0) is 14.4. The molecule has 0 aromatic carbocycles. The van der Waals surface area contributed by atoms with Gasteiger partial charge in [0.1, 0.15) is 6.04 Å². The average Bonchev–Trinajstić information content (AvgIpc) is 2.71. The van der Waals surface area contributed by atoms with Crippen LogP contribution in [0.15, 0.2) is 0 Å². The standard InChI is InChI=1S/C14H25N3O2/c1-10(2)12(18)11-6-7-15-8-9-16(14(3,4)5)13(19)17(11)15/h10-11H,6-9H2,1-5H3/t11-/m0/s1. The van der Waals surface area contributed by atoms with Crippen LogP contribution in [0.4, 0.5) is 4.79 Å². The van der Waals surface area contributed by atoms with Crippen LogP contribution in [-0.2, 0) is 4.79 Å². The van der Waals surface area contributed by atoms with Gasteiger partial charge >= 0.3 is 6.03 Å². The molecule has 2 aliphatic rings. The molecule has 0 aliphatic carbocycles. The van der Waals surface area contributed by atoms with Gasteiger partial charge in [-0.2, -0.15) is 0 Å². The van der Waals surface area contributed by atoms with Crippen molar-refractivity contribution in [3.8, 4) is 0 Å². The number of carbonyl (C=O) groups excluding carboxylic acids is 2. The Kier molecular flexibility index (Phi) is 3.60. The quantitative estimate of drug-likeness (QED) is 0.765. The lowest BCUT2D eigenvalue weighted by molar-refractivity contribution is -0.130. The van der Waals surface area contributed by atoms with Crippen molar-refractivity contribution in [1.29, 1.82) is 0 Å². The van der Waals surface area contributed by atoms with Gasteiger partial charge in [0.15, 0.2) is 5.78 Å². The van der Waals surface area contributed by atoms with Crippen molar-refractivity contribution < 1.29 is 9.59 Å². The Balaban J connectivity index is 2.22. The zero-order valence-corrected chi connectivity index (χ0v) is 12.6. The van der Waals surface area contributed by atoms with E-state index in [9.17, 15) is 9.59 Å².